The molecule has 1 aliphatic heterocycles. The number of rotatable bonds is 1. The molecule has 0 unspecified atom stereocenters. The first-order valence-electron chi connectivity index (χ1n) is 3.86. The van der Waals surface area contributed by atoms with Crippen LogP contribution in [0.25, 0.3) is 0 Å². The second kappa shape index (κ2) is 3.55. The summed E-state index contributed by atoms with van der Waals surface area (Å²) in [6.07, 6.45) is 0. The molecule has 0 bridgehead atoms. The number of methoxy groups -OCH3 is 1. The quantitative estimate of drug-likeness (QED) is 0.746. The van der Waals surface area contributed by atoms with Gasteiger partial charge in [-0.05, 0) is 37.9 Å². The molecule has 1 heterocycles. The van der Waals surface area contributed by atoms with E-state index in [1.165, 1.54) is 0 Å². The molecule has 0 saturated carbocycles. The normalized spacial score (nSPS) is 19.1. The highest BCUT2D eigenvalue weighted by atomic mass is 79.9. The van der Waals surface area contributed by atoms with Crippen LogP contribution in [0.5, 0.6) is 11.5 Å². The lowest BCUT2D eigenvalue weighted by molar-refractivity contribution is 0.0942. The summed E-state index contributed by atoms with van der Waals surface area (Å²) in [6.45, 7) is 0. The fourth-order valence-corrected chi connectivity index (χ4v) is 2.22. The Morgan fingerprint density at radius 1 is 1.50 bits per heavy atom. The predicted octanol–water partition coefficient (Wildman–Crippen LogP) is 2.75. The molecule has 1 aromatic rings. The minimum absolute atomic E-state index is 0.0663. The number of hydrogen-bond acceptors (Lipinski definition) is 3. The zero-order valence-electron chi connectivity index (χ0n) is 7.21. The van der Waals surface area contributed by atoms with Crippen molar-refractivity contribution >= 4 is 37.6 Å². The van der Waals surface area contributed by atoms with Gasteiger partial charge in [0, 0.05) is 6.07 Å². The Morgan fingerprint density at radius 2 is 2.21 bits per heavy atom. The van der Waals surface area contributed by atoms with E-state index in [0.29, 0.717) is 17.1 Å². The van der Waals surface area contributed by atoms with Gasteiger partial charge < -0.3 is 9.47 Å². The lowest BCUT2D eigenvalue weighted by Crippen LogP contribution is -2.10. The van der Waals surface area contributed by atoms with Crippen molar-refractivity contribution in [1.29, 1.82) is 0 Å². The van der Waals surface area contributed by atoms with E-state index in [1.807, 2.05) is 0 Å². The van der Waals surface area contributed by atoms with Crippen molar-refractivity contribution in [3.8, 4) is 11.5 Å². The first-order valence-corrected chi connectivity index (χ1v) is 5.57. The Kier molecular flexibility index (Phi) is 2.53. The molecule has 0 radical (unpaired) electrons. The van der Waals surface area contributed by atoms with Crippen LogP contribution in [0.4, 0.5) is 0 Å². The molecular weight excluding hydrogens is 316 g/mol. The van der Waals surface area contributed by atoms with Crippen LogP contribution in [0.3, 0.4) is 0 Å². The van der Waals surface area contributed by atoms with E-state index < -0.39 is 5.01 Å². The predicted molar refractivity (Wildman–Crippen MR) is 58.4 cm³/mol. The van der Waals surface area contributed by atoms with Crippen molar-refractivity contribution in [2.45, 2.75) is 5.01 Å². The van der Waals surface area contributed by atoms with Crippen LogP contribution in [0.15, 0.2) is 16.6 Å². The molecule has 2 rings (SSSR count). The summed E-state index contributed by atoms with van der Waals surface area (Å²) in [5.41, 5.74) is 0.569. The number of ketones is 1. The summed E-state index contributed by atoms with van der Waals surface area (Å²) in [5, 5.41) is -0.573. The van der Waals surface area contributed by atoms with E-state index in [1.54, 1.807) is 19.2 Å². The van der Waals surface area contributed by atoms with Crippen molar-refractivity contribution < 1.29 is 14.3 Å². The minimum atomic E-state index is -0.573. The van der Waals surface area contributed by atoms with Crippen molar-refractivity contribution in [1.82, 2.24) is 0 Å². The fraction of sp³-hybridized carbons (Fsp3) is 0.222. The molecule has 0 saturated heterocycles. The van der Waals surface area contributed by atoms with Gasteiger partial charge in [0.15, 0.2) is 0 Å². The Hall–Kier alpha value is -0.550. The highest BCUT2D eigenvalue weighted by Gasteiger charge is 2.31. The topological polar surface area (TPSA) is 35.5 Å². The smallest absolute Gasteiger partial charge is 0.218 e. The molecule has 74 valence electrons. The maximum Gasteiger partial charge on any atom is 0.218 e. The molecule has 3 nitrogen and oxygen atoms in total. The molecule has 0 spiro atoms. The first-order chi connectivity index (χ1) is 6.63. The average molecular weight is 322 g/mol. The van der Waals surface area contributed by atoms with Gasteiger partial charge in [-0.25, -0.2) is 0 Å². The van der Waals surface area contributed by atoms with Crippen molar-refractivity contribution in [3.05, 3.63) is 22.2 Å². The van der Waals surface area contributed by atoms with E-state index in [4.69, 9.17) is 9.47 Å². The zero-order chi connectivity index (χ0) is 10.3. The number of alkyl halides is 1. The number of ether oxygens (including phenoxy) is 2. The highest BCUT2D eigenvalue weighted by Crippen LogP contribution is 2.38. The zero-order valence-corrected chi connectivity index (χ0v) is 10.4. The van der Waals surface area contributed by atoms with Crippen molar-refractivity contribution in [2.24, 2.45) is 0 Å². The Morgan fingerprint density at radius 3 is 2.86 bits per heavy atom. The third kappa shape index (κ3) is 1.44. The maximum absolute atomic E-state index is 11.5. The summed E-state index contributed by atoms with van der Waals surface area (Å²) < 4.78 is 11.1. The van der Waals surface area contributed by atoms with Gasteiger partial charge in [0.25, 0.3) is 0 Å². The van der Waals surface area contributed by atoms with Crippen LogP contribution < -0.4 is 9.47 Å². The van der Waals surface area contributed by atoms with Crippen LogP contribution in [-0.4, -0.2) is 17.9 Å². The number of carbonyl (C=O) groups excluding carboxylic acids is 1. The largest absolute Gasteiger partial charge is 0.495 e. The second-order valence-electron chi connectivity index (χ2n) is 2.78. The van der Waals surface area contributed by atoms with Crippen molar-refractivity contribution in [3.63, 3.8) is 0 Å². The Balaban J connectivity index is 2.54. The average Bonchev–Trinajstić information content (AvgIpc) is 2.43. The van der Waals surface area contributed by atoms with Gasteiger partial charge in [-0.3, -0.25) is 4.79 Å². The van der Waals surface area contributed by atoms with E-state index in [9.17, 15) is 4.79 Å². The van der Waals surface area contributed by atoms with Crippen LogP contribution in [0.2, 0.25) is 0 Å². The van der Waals surface area contributed by atoms with E-state index in [0.717, 1.165) is 4.47 Å². The SMILES string of the molecule is COc1cc2c(cc1Br)C(=O)[C@H](Br)O2. The lowest BCUT2D eigenvalue weighted by atomic mass is 10.1. The van der Waals surface area contributed by atoms with Crippen LogP contribution in [-0.2, 0) is 0 Å². The molecule has 0 aromatic heterocycles. The van der Waals surface area contributed by atoms with Crippen LogP contribution >= 0.6 is 31.9 Å². The van der Waals surface area contributed by atoms with Gasteiger partial charge >= 0.3 is 0 Å². The molecule has 14 heavy (non-hydrogen) atoms. The summed E-state index contributed by atoms with van der Waals surface area (Å²) in [5.74, 6) is 1.14. The number of benzene rings is 1. The minimum Gasteiger partial charge on any atom is -0.495 e. The summed E-state index contributed by atoms with van der Waals surface area (Å²) >= 11 is 6.44. The van der Waals surface area contributed by atoms with E-state index in [-0.39, 0.29) is 5.78 Å². The third-order valence-corrected chi connectivity index (χ3v) is 3.18. The number of Topliss-reactive ketones (excluding diaryl/α,β-unsaturated/α-hetero) is 1. The molecule has 0 amide bonds. The highest BCUT2D eigenvalue weighted by molar-refractivity contribution is 9.10. The Bertz CT molecular complexity index is 403. The van der Waals surface area contributed by atoms with Gasteiger partial charge in [-0.2, -0.15) is 0 Å². The molecule has 0 N–H and O–H groups in total. The number of fused-ring (bicyclic) bond motifs is 1. The van der Waals surface area contributed by atoms with Gasteiger partial charge in [0.2, 0.25) is 10.8 Å². The monoisotopic (exact) mass is 320 g/mol. The fourth-order valence-electron chi connectivity index (χ4n) is 1.27. The second-order valence-corrected chi connectivity index (χ2v) is 4.47. The summed E-state index contributed by atoms with van der Waals surface area (Å²) in [7, 11) is 1.56. The maximum atomic E-state index is 11.5. The van der Waals surface area contributed by atoms with Crippen LogP contribution in [0, 0.1) is 0 Å². The van der Waals surface area contributed by atoms with Gasteiger partial charge in [-0.15, -0.1) is 0 Å². The number of halogens is 2. The van der Waals surface area contributed by atoms with Gasteiger partial charge in [0.1, 0.15) is 11.5 Å². The number of carbonyl (C=O) groups is 1. The standard InChI is InChI=1S/C9H6Br2O3/c1-13-7-3-6-4(2-5(7)10)8(12)9(11)14-6/h2-3,9H,1H3/t9-/m1/s1. The number of hydrogen-bond donors (Lipinski definition) is 0. The van der Waals surface area contributed by atoms with Gasteiger partial charge in [-0.1, -0.05) is 0 Å². The van der Waals surface area contributed by atoms with E-state index in [2.05, 4.69) is 31.9 Å². The first kappa shape index (κ1) is 9.98. The molecule has 1 atom stereocenters. The molecule has 1 aromatic carbocycles. The molecule has 0 fully saturated rings. The van der Waals surface area contributed by atoms with Crippen molar-refractivity contribution in [2.75, 3.05) is 7.11 Å². The van der Waals surface area contributed by atoms with Crippen LogP contribution in [0.1, 0.15) is 10.4 Å². The summed E-state index contributed by atoms with van der Waals surface area (Å²) in [4.78, 5) is 11.5. The summed E-state index contributed by atoms with van der Waals surface area (Å²) in [6, 6.07) is 3.40. The molecular formula is C9H6Br2O3. The lowest BCUT2D eigenvalue weighted by Gasteiger charge is -2.04. The molecule has 1 aliphatic rings. The van der Waals surface area contributed by atoms with Gasteiger partial charge in [0.05, 0.1) is 17.1 Å². The Labute approximate surface area is 97.6 Å². The van der Waals surface area contributed by atoms with E-state index >= 15 is 0 Å². The molecule has 5 heteroatoms. The molecule has 0 aliphatic carbocycles. The third-order valence-electron chi connectivity index (χ3n) is 1.96.